The highest BCUT2D eigenvalue weighted by molar-refractivity contribution is 7.17. The van der Waals surface area contributed by atoms with Crippen molar-refractivity contribution in [3.05, 3.63) is 35.2 Å². The Morgan fingerprint density at radius 1 is 1.31 bits per heavy atom. The highest BCUT2D eigenvalue weighted by atomic mass is 32.1. The molecule has 1 N–H and O–H groups in total. The summed E-state index contributed by atoms with van der Waals surface area (Å²) in [5, 5.41) is 7.10. The number of hydrogen-bond acceptors (Lipinski definition) is 2. The summed E-state index contributed by atoms with van der Waals surface area (Å²) in [4.78, 5) is 0. The minimum absolute atomic E-state index is 0.739. The maximum Gasteiger partial charge on any atom is 0.0377 e. The second kappa shape index (κ2) is 4.19. The summed E-state index contributed by atoms with van der Waals surface area (Å²) in [6, 6.07) is 8.99. The number of nitrogens with one attached hydrogen (secondary N) is 1. The molecule has 1 fully saturated rings. The maximum atomic E-state index is 3.48. The molecule has 1 nitrogen and oxygen atoms in total. The Labute approximate surface area is 100 Å². The smallest absolute Gasteiger partial charge is 0.0377 e. The van der Waals surface area contributed by atoms with Crippen molar-refractivity contribution in [1.29, 1.82) is 0 Å². The summed E-state index contributed by atoms with van der Waals surface area (Å²) in [5.74, 6) is 1.49. The molecule has 0 spiro atoms. The van der Waals surface area contributed by atoms with Crippen molar-refractivity contribution >= 4 is 21.4 Å². The van der Waals surface area contributed by atoms with Gasteiger partial charge in [0.1, 0.15) is 0 Å². The molecule has 2 atom stereocenters. The van der Waals surface area contributed by atoms with Crippen molar-refractivity contribution in [1.82, 2.24) is 5.32 Å². The van der Waals surface area contributed by atoms with E-state index < -0.39 is 0 Å². The molecule has 1 aromatic heterocycles. The fourth-order valence-electron chi connectivity index (χ4n) is 2.78. The van der Waals surface area contributed by atoms with Crippen LogP contribution in [0.15, 0.2) is 29.6 Å². The molecule has 0 bridgehead atoms. The van der Waals surface area contributed by atoms with Crippen LogP contribution < -0.4 is 5.32 Å². The summed E-state index contributed by atoms with van der Waals surface area (Å²) >= 11 is 1.89. The summed E-state index contributed by atoms with van der Waals surface area (Å²) in [5.41, 5.74) is 1.57. The van der Waals surface area contributed by atoms with Gasteiger partial charge in [0.15, 0.2) is 0 Å². The van der Waals surface area contributed by atoms with Crippen LogP contribution in [0.25, 0.3) is 10.1 Å². The van der Waals surface area contributed by atoms with Crippen molar-refractivity contribution in [2.75, 3.05) is 13.1 Å². The van der Waals surface area contributed by atoms with Crippen LogP contribution in [-0.4, -0.2) is 13.1 Å². The van der Waals surface area contributed by atoms with Crippen LogP contribution in [0.5, 0.6) is 0 Å². The first-order chi connectivity index (χ1) is 7.86. The molecule has 0 radical (unpaired) electrons. The first kappa shape index (κ1) is 10.3. The molecule has 3 rings (SSSR count). The number of thiophene rings is 1. The lowest BCUT2D eigenvalue weighted by molar-refractivity contribution is 0.351. The molecular weight excluding hydrogens is 214 g/mol. The van der Waals surface area contributed by atoms with E-state index in [4.69, 9.17) is 0 Å². The van der Waals surface area contributed by atoms with E-state index in [2.05, 4.69) is 41.9 Å². The number of benzene rings is 1. The predicted molar refractivity (Wildman–Crippen MR) is 71.2 cm³/mol. The summed E-state index contributed by atoms with van der Waals surface area (Å²) in [6.45, 7) is 4.69. The summed E-state index contributed by atoms with van der Waals surface area (Å²) in [7, 11) is 0. The van der Waals surface area contributed by atoms with Gasteiger partial charge in [0.25, 0.3) is 0 Å². The van der Waals surface area contributed by atoms with Crippen LogP contribution >= 0.6 is 11.3 Å². The molecule has 2 heterocycles. The van der Waals surface area contributed by atoms with Gasteiger partial charge in [0.05, 0.1) is 0 Å². The molecule has 1 aromatic carbocycles. The molecule has 1 saturated heterocycles. The van der Waals surface area contributed by atoms with E-state index in [1.807, 2.05) is 11.3 Å². The zero-order valence-electron chi connectivity index (χ0n) is 9.57. The molecule has 0 aliphatic carbocycles. The number of piperidine rings is 1. The first-order valence-electron chi connectivity index (χ1n) is 6.03. The van der Waals surface area contributed by atoms with E-state index in [0.717, 1.165) is 24.9 Å². The van der Waals surface area contributed by atoms with Gasteiger partial charge >= 0.3 is 0 Å². The zero-order valence-corrected chi connectivity index (χ0v) is 10.4. The van der Waals surface area contributed by atoms with E-state index in [1.54, 1.807) is 5.56 Å². The third-order valence-corrected chi connectivity index (χ3v) is 4.67. The van der Waals surface area contributed by atoms with Gasteiger partial charge in [-0.3, -0.25) is 0 Å². The van der Waals surface area contributed by atoms with Gasteiger partial charge in [0.2, 0.25) is 0 Å². The molecule has 1 aliphatic rings. The molecule has 0 saturated carbocycles. The van der Waals surface area contributed by atoms with Gasteiger partial charge in [-0.25, -0.2) is 0 Å². The third-order valence-electron chi connectivity index (χ3n) is 3.69. The third kappa shape index (κ3) is 1.66. The van der Waals surface area contributed by atoms with Crippen molar-refractivity contribution in [2.24, 2.45) is 5.92 Å². The van der Waals surface area contributed by atoms with Crippen LogP contribution in [0.4, 0.5) is 0 Å². The minimum atomic E-state index is 0.739. The lowest BCUT2D eigenvalue weighted by Crippen LogP contribution is -2.33. The minimum Gasteiger partial charge on any atom is -0.316 e. The van der Waals surface area contributed by atoms with E-state index in [0.29, 0.717) is 0 Å². The van der Waals surface area contributed by atoms with E-state index >= 15 is 0 Å². The summed E-state index contributed by atoms with van der Waals surface area (Å²) < 4.78 is 1.50. The quantitative estimate of drug-likeness (QED) is 0.790. The molecule has 84 valence electrons. The fraction of sp³-hybridized carbons (Fsp3) is 0.429. The average Bonchev–Trinajstić information content (AvgIpc) is 2.77. The standard InChI is InChI=1S/C14H17NS/c1-10-9-15-7-5-12(10)13-4-2-3-11-6-8-16-14(11)13/h2-4,6,8,10,12,15H,5,7,9H2,1H3/t10-,12-/m1/s1. The van der Waals surface area contributed by atoms with Gasteiger partial charge in [0, 0.05) is 4.70 Å². The Kier molecular flexibility index (Phi) is 2.70. The Morgan fingerprint density at radius 2 is 2.25 bits per heavy atom. The number of rotatable bonds is 1. The highest BCUT2D eigenvalue weighted by Gasteiger charge is 2.24. The lowest BCUT2D eigenvalue weighted by Gasteiger charge is -2.30. The van der Waals surface area contributed by atoms with Crippen molar-refractivity contribution < 1.29 is 0 Å². The van der Waals surface area contributed by atoms with Crippen LogP contribution in [0.3, 0.4) is 0 Å². The molecule has 16 heavy (non-hydrogen) atoms. The zero-order chi connectivity index (χ0) is 11.0. The Bertz CT molecular complexity index is 488. The Morgan fingerprint density at radius 3 is 3.12 bits per heavy atom. The van der Waals surface area contributed by atoms with Crippen LogP contribution in [0.2, 0.25) is 0 Å². The topological polar surface area (TPSA) is 12.0 Å². The lowest BCUT2D eigenvalue weighted by atomic mass is 9.82. The van der Waals surface area contributed by atoms with Gasteiger partial charge in [-0.2, -0.15) is 0 Å². The maximum absolute atomic E-state index is 3.48. The van der Waals surface area contributed by atoms with Gasteiger partial charge in [-0.15, -0.1) is 11.3 Å². The number of fused-ring (bicyclic) bond motifs is 1. The fourth-order valence-corrected chi connectivity index (χ4v) is 3.76. The van der Waals surface area contributed by atoms with Gasteiger partial charge < -0.3 is 5.32 Å². The number of hydrogen-bond donors (Lipinski definition) is 1. The van der Waals surface area contributed by atoms with Crippen LogP contribution in [-0.2, 0) is 0 Å². The van der Waals surface area contributed by atoms with E-state index in [-0.39, 0.29) is 0 Å². The van der Waals surface area contributed by atoms with Crippen molar-refractivity contribution in [2.45, 2.75) is 19.3 Å². The summed E-state index contributed by atoms with van der Waals surface area (Å²) in [6.07, 6.45) is 1.28. The molecule has 0 amide bonds. The van der Waals surface area contributed by atoms with Gasteiger partial charge in [-0.1, -0.05) is 25.1 Å². The second-order valence-electron chi connectivity index (χ2n) is 4.76. The Balaban J connectivity index is 2.07. The predicted octanol–water partition coefficient (Wildman–Crippen LogP) is 3.61. The van der Waals surface area contributed by atoms with E-state index in [1.165, 1.54) is 16.5 Å². The van der Waals surface area contributed by atoms with Crippen molar-refractivity contribution in [3.8, 4) is 0 Å². The van der Waals surface area contributed by atoms with Gasteiger partial charge in [-0.05, 0) is 53.7 Å². The first-order valence-corrected chi connectivity index (χ1v) is 6.91. The SMILES string of the molecule is C[C@@H]1CNCC[C@H]1c1cccc2ccsc12. The molecule has 2 aromatic rings. The van der Waals surface area contributed by atoms with Crippen LogP contribution in [0.1, 0.15) is 24.8 Å². The molecular formula is C14H17NS. The Hall–Kier alpha value is -0.860. The molecule has 0 unspecified atom stereocenters. The highest BCUT2D eigenvalue weighted by Crippen LogP contribution is 2.36. The van der Waals surface area contributed by atoms with Crippen LogP contribution in [0, 0.1) is 5.92 Å². The molecule has 2 heteroatoms. The molecule has 1 aliphatic heterocycles. The largest absolute Gasteiger partial charge is 0.316 e. The second-order valence-corrected chi connectivity index (χ2v) is 5.68. The van der Waals surface area contributed by atoms with E-state index in [9.17, 15) is 0 Å². The monoisotopic (exact) mass is 231 g/mol. The normalized spacial score (nSPS) is 26.1. The van der Waals surface area contributed by atoms with Crippen molar-refractivity contribution in [3.63, 3.8) is 0 Å². The average molecular weight is 231 g/mol.